The number of aryl methyl sites for hydroxylation is 1. The molecule has 1 saturated heterocycles. The average Bonchev–Trinajstić information content (AvgIpc) is 2.72. The van der Waals surface area contributed by atoms with Gasteiger partial charge in [0.25, 0.3) is 5.91 Å². The highest BCUT2D eigenvalue weighted by Gasteiger charge is 2.22. The summed E-state index contributed by atoms with van der Waals surface area (Å²) in [5.41, 5.74) is 0.752. The van der Waals surface area contributed by atoms with E-state index in [1.807, 2.05) is 11.8 Å². The molecule has 0 unspecified atom stereocenters. The zero-order chi connectivity index (χ0) is 9.26. The Morgan fingerprint density at radius 3 is 2.69 bits per heavy atom. The standard InChI is InChI=1S/C8H11N3OS/c1-6-7(13-10-9-6)8(12)11-4-2-3-5-11/h2-5H2,1H3. The number of aromatic nitrogens is 2. The fraction of sp³-hybridized carbons (Fsp3) is 0.625. The Morgan fingerprint density at radius 2 is 2.15 bits per heavy atom. The molecule has 0 aliphatic carbocycles. The summed E-state index contributed by atoms with van der Waals surface area (Å²) in [6.45, 7) is 3.60. The largest absolute Gasteiger partial charge is 0.338 e. The fourth-order valence-electron chi connectivity index (χ4n) is 1.49. The topological polar surface area (TPSA) is 46.1 Å². The highest BCUT2D eigenvalue weighted by molar-refractivity contribution is 7.07. The molecule has 70 valence electrons. The molecule has 0 N–H and O–H groups in total. The van der Waals surface area contributed by atoms with Crippen LogP contribution in [0.1, 0.15) is 28.2 Å². The lowest BCUT2D eigenvalue weighted by molar-refractivity contribution is 0.0796. The zero-order valence-electron chi connectivity index (χ0n) is 7.49. The minimum absolute atomic E-state index is 0.102. The maximum atomic E-state index is 11.8. The smallest absolute Gasteiger partial charge is 0.267 e. The molecule has 1 amide bonds. The van der Waals surface area contributed by atoms with Crippen molar-refractivity contribution in [2.75, 3.05) is 13.1 Å². The van der Waals surface area contributed by atoms with Crippen molar-refractivity contribution in [1.82, 2.24) is 14.5 Å². The monoisotopic (exact) mass is 197 g/mol. The van der Waals surface area contributed by atoms with Crippen LogP contribution in [0, 0.1) is 6.92 Å². The highest BCUT2D eigenvalue weighted by Crippen LogP contribution is 2.16. The molecule has 4 nitrogen and oxygen atoms in total. The lowest BCUT2D eigenvalue weighted by Gasteiger charge is -2.13. The number of hydrogen-bond acceptors (Lipinski definition) is 4. The van der Waals surface area contributed by atoms with Crippen molar-refractivity contribution in [3.63, 3.8) is 0 Å². The number of rotatable bonds is 1. The van der Waals surface area contributed by atoms with E-state index in [1.54, 1.807) is 0 Å². The first kappa shape index (κ1) is 8.62. The Kier molecular flexibility index (Phi) is 2.26. The van der Waals surface area contributed by atoms with Crippen molar-refractivity contribution in [2.24, 2.45) is 0 Å². The lowest BCUT2D eigenvalue weighted by Crippen LogP contribution is -2.27. The van der Waals surface area contributed by atoms with E-state index >= 15 is 0 Å². The van der Waals surface area contributed by atoms with E-state index in [4.69, 9.17) is 0 Å². The molecule has 2 heterocycles. The van der Waals surface area contributed by atoms with Crippen LogP contribution in [-0.2, 0) is 0 Å². The van der Waals surface area contributed by atoms with Gasteiger partial charge in [-0.2, -0.15) is 0 Å². The summed E-state index contributed by atoms with van der Waals surface area (Å²) in [6.07, 6.45) is 2.24. The van der Waals surface area contributed by atoms with Crippen LogP contribution < -0.4 is 0 Å². The minimum Gasteiger partial charge on any atom is -0.338 e. The van der Waals surface area contributed by atoms with Crippen molar-refractivity contribution in [3.8, 4) is 0 Å². The summed E-state index contributed by atoms with van der Waals surface area (Å²) in [5, 5.41) is 3.83. The second-order valence-electron chi connectivity index (χ2n) is 3.19. The Morgan fingerprint density at radius 1 is 1.46 bits per heavy atom. The number of amides is 1. The van der Waals surface area contributed by atoms with Crippen LogP contribution >= 0.6 is 11.5 Å². The lowest BCUT2D eigenvalue weighted by atomic mass is 10.3. The van der Waals surface area contributed by atoms with Crippen LogP contribution in [0.4, 0.5) is 0 Å². The maximum Gasteiger partial charge on any atom is 0.267 e. The van der Waals surface area contributed by atoms with E-state index in [2.05, 4.69) is 9.59 Å². The van der Waals surface area contributed by atoms with Gasteiger partial charge in [0.1, 0.15) is 4.88 Å². The summed E-state index contributed by atoms with van der Waals surface area (Å²) < 4.78 is 3.76. The molecule has 2 rings (SSSR count). The van der Waals surface area contributed by atoms with E-state index in [0.717, 1.165) is 31.6 Å². The highest BCUT2D eigenvalue weighted by atomic mass is 32.1. The van der Waals surface area contributed by atoms with Gasteiger partial charge in [-0.25, -0.2) is 0 Å². The molecular formula is C8H11N3OS. The molecule has 1 aromatic rings. The number of carbonyl (C=O) groups is 1. The van der Waals surface area contributed by atoms with Crippen LogP contribution in [0.25, 0.3) is 0 Å². The van der Waals surface area contributed by atoms with E-state index in [0.29, 0.717) is 4.88 Å². The second-order valence-corrected chi connectivity index (χ2v) is 3.94. The Labute approximate surface area is 80.7 Å². The van der Waals surface area contributed by atoms with Crippen LogP contribution in [0.15, 0.2) is 0 Å². The summed E-state index contributed by atoms with van der Waals surface area (Å²) in [4.78, 5) is 14.4. The number of carbonyl (C=O) groups excluding carboxylic acids is 1. The van der Waals surface area contributed by atoms with E-state index in [1.165, 1.54) is 11.5 Å². The van der Waals surface area contributed by atoms with Gasteiger partial charge >= 0.3 is 0 Å². The molecule has 0 spiro atoms. The van der Waals surface area contributed by atoms with E-state index in [-0.39, 0.29) is 5.91 Å². The van der Waals surface area contributed by atoms with Crippen molar-refractivity contribution < 1.29 is 4.79 Å². The van der Waals surface area contributed by atoms with Gasteiger partial charge in [0.2, 0.25) is 0 Å². The first-order valence-corrected chi connectivity index (χ1v) is 5.14. The maximum absolute atomic E-state index is 11.8. The fourth-order valence-corrected chi connectivity index (χ4v) is 2.12. The van der Waals surface area contributed by atoms with Gasteiger partial charge in [-0.3, -0.25) is 4.79 Å². The molecule has 0 bridgehead atoms. The van der Waals surface area contributed by atoms with E-state index in [9.17, 15) is 4.79 Å². The molecule has 1 aliphatic heterocycles. The summed E-state index contributed by atoms with van der Waals surface area (Å²) in [6, 6.07) is 0. The summed E-state index contributed by atoms with van der Waals surface area (Å²) >= 11 is 1.19. The molecule has 0 atom stereocenters. The van der Waals surface area contributed by atoms with Crippen molar-refractivity contribution in [1.29, 1.82) is 0 Å². The summed E-state index contributed by atoms with van der Waals surface area (Å²) in [5.74, 6) is 0.102. The normalized spacial score (nSPS) is 16.5. The molecule has 5 heteroatoms. The SMILES string of the molecule is Cc1nnsc1C(=O)N1CCCC1. The minimum atomic E-state index is 0.102. The first-order valence-electron chi connectivity index (χ1n) is 4.37. The van der Waals surface area contributed by atoms with Gasteiger partial charge in [0.05, 0.1) is 5.69 Å². The van der Waals surface area contributed by atoms with Crippen molar-refractivity contribution in [2.45, 2.75) is 19.8 Å². The number of nitrogens with zero attached hydrogens (tertiary/aromatic N) is 3. The van der Waals surface area contributed by atoms with Crippen LogP contribution in [0.5, 0.6) is 0 Å². The number of likely N-dealkylation sites (tertiary alicyclic amines) is 1. The second kappa shape index (κ2) is 3.41. The molecule has 13 heavy (non-hydrogen) atoms. The molecular weight excluding hydrogens is 186 g/mol. The van der Waals surface area contributed by atoms with Crippen LogP contribution in [0.3, 0.4) is 0 Å². The van der Waals surface area contributed by atoms with Gasteiger partial charge < -0.3 is 4.90 Å². The summed E-state index contributed by atoms with van der Waals surface area (Å²) in [7, 11) is 0. The number of hydrogen-bond donors (Lipinski definition) is 0. The Balaban J connectivity index is 2.17. The van der Waals surface area contributed by atoms with Crippen molar-refractivity contribution in [3.05, 3.63) is 10.6 Å². The first-order chi connectivity index (χ1) is 6.29. The van der Waals surface area contributed by atoms with Crippen molar-refractivity contribution >= 4 is 17.4 Å². The van der Waals surface area contributed by atoms with Gasteiger partial charge in [-0.1, -0.05) is 4.49 Å². The quantitative estimate of drug-likeness (QED) is 0.677. The van der Waals surface area contributed by atoms with Gasteiger partial charge in [0, 0.05) is 13.1 Å². The van der Waals surface area contributed by atoms with Gasteiger partial charge in [-0.15, -0.1) is 5.10 Å². The molecule has 1 fully saturated rings. The van der Waals surface area contributed by atoms with Crippen LogP contribution in [0.2, 0.25) is 0 Å². The van der Waals surface area contributed by atoms with E-state index < -0.39 is 0 Å². The van der Waals surface area contributed by atoms with Crippen LogP contribution in [-0.4, -0.2) is 33.5 Å². The molecule has 0 aromatic carbocycles. The molecule has 0 radical (unpaired) electrons. The Hall–Kier alpha value is -0.970. The molecule has 0 saturated carbocycles. The van der Waals surface area contributed by atoms with Gasteiger partial charge in [-0.05, 0) is 31.3 Å². The molecule has 1 aliphatic rings. The average molecular weight is 197 g/mol. The Bertz CT molecular complexity index is 317. The third kappa shape index (κ3) is 1.56. The van der Waals surface area contributed by atoms with Gasteiger partial charge in [0.15, 0.2) is 0 Å². The third-order valence-electron chi connectivity index (χ3n) is 2.24. The third-order valence-corrected chi connectivity index (χ3v) is 3.05. The predicted molar refractivity (Wildman–Crippen MR) is 49.8 cm³/mol. The molecule has 1 aromatic heterocycles. The zero-order valence-corrected chi connectivity index (χ0v) is 8.30. The predicted octanol–water partition coefficient (Wildman–Crippen LogP) is 1.08.